The van der Waals surface area contributed by atoms with Gasteiger partial charge in [-0.05, 0) is 48.5 Å². The number of carbonyl (C=O) groups is 1. The van der Waals surface area contributed by atoms with Crippen molar-refractivity contribution in [3.63, 3.8) is 0 Å². The van der Waals surface area contributed by atoms with Crippen molar-refractivity contribution in [2.45, 2.75) is 4.90 Å². The van der Waals surface area contributed by atoms with Crippen LogP contribution in [0.25, 0.3) is 11.5 Å². The molecule has 30 heavy (non-hydrogen) atoms. The Bertz CT molecular complexity index is 1280. The Morgan fingerprint density at radius 1 is 1.03 bits per heavy atom. The third-order valence-electron chi connectivity index (χ3n) is 4.04. The van der Waals surface area contributed by atoms with Crippen molar-refractivity contribution in [1.82, 2.24) is 4.98 Å². The Morgan fingerprint density at radius 3 is 2.53 bits per heavy atom. The van der Waals surface area contributed by atoms with Crippen molar-refractivity contribution in [2.75, 3.05) is 10.0 Å². The second kappa shape index (κ2) is 8.09. The zero-order chi connectivity index (χ0) is 21.1. The van der Waals surface area contributed by atoms with Gasteiger partial charge >= 0.3 is 0 Å². The van der Waals surface area contributed by atoms with Gasteiger partial charge in [-0.2, -0.15) is 0 Å². The van der Waals surface area contributed by atoms with E-state index < -0.39 is 21.7 Å². The van der Waals surface area contributed by atoms with Crippen LogP contribution in [0.15, 0.2) is 81.6 Å². The number of thiazole rings is 1. The van der Waals surface area contributed by atoms with E-state index in [9.17, 15) is 17.6 Å². The van der Waals surface area contributed by atoms with Crippen LogP contribution < -0.4 is 10.0 Å². The number of para-hydroxylation sites is 1. The van der Waals surface area contributed by atoms with E-state index in [1.165, 1.54) is 29.7 Å². The van der Waals surface area contributed by atoms with Gasteiger partial charge in [-0.3, -0.25) is 14.8 Å². The van der Waals surface area contributed by atoms with Gasteiger partial charge in [0.2, 0.25) is 0 Å². The first kappa shape index (κ1) is 19.8. The standard InChI is InChI=1S/C20H14FN3O4S2/c21-13-7-9-14(10-8-13)30(26,27)24-16-5-2-1-4-15(16)19(25)23-20-22-17(12-29-20)18-6-3-11-28-18/h1-12,24H,(H,22,23,25). The highest BCUT2D eigenvalue weighted by atomic mass is 32.2. The quantitative estimate of drug-likeness (QED) is 0.454. The van der Waals surface area contributed by atoms with E-state index >= 15 is 0 Å². The number of rotatable bonds is 6. The first-order valence-corrected chi connectivity index (χ1v) is 11.0. The second-order valence-electron chi connectivity index (χ2n) is 6.07. The Balaban J connectivity index is 1.55. The van der Waals surface area contributed by atoms with Gasteiger partial charge in [0.05, 0.1) is 22.4 Å². The molecule has 1 amide bonds. The van der Waals surface area contributed by atoms with Crippen LogP contribution in [0.3, 0.4) is 0 Å². The van der Waals surface area contributed by atoms with E-state index in [1.807, 2.05) is 0 Å². The van der Waals surface area contributed by atoms with Crippen LogP contribution in [0.4, 0.5) is 15.2 Å². The highest BCUT2D eigenvalue weighted by Gasteiger charge is 2.19. The molecule has 10 heteroatoms. The molecule has 0 radical (unpaired) electrons. The fourth-order valence-electron chi connectivity index (χ4n) is 2.62. The zero-order valence-corrected chi connectivity index (χ0v) is 16.8. The van der Waals surface area contributed by atoms with E-state index in [-0.39, 0.29) is 16.1 Å². The molecule has 0 aliphatic carbocycles. The number of hydrogen-bond acceptors (Lipinski definition) is 6. The molecule has 4 aromatic rings. The Hall–Kier alpha value is -3.50. The topological polar surface area (TPSA) is 101 Å². The summed E-state index contributed by atoms with van der Waals surface area (Å²) in [6.45, 7) is 0. The molecule has 152 valence electrons. The van der Waals surface area contributed by atoms with Crippen molar-refractivity contribution in [3.8, 4) is 11.5 Å². The Morgan fingerprint density at radius 2 is 1.80 bits per heavy atom. The van der Waals surface area contributed by atoms with Gasteiger partial charge < -0.3 is 4.42 Å². The van der Waals surface area contributed by atoms with Gasteiger partial charge in [-0.15, -0.1) is 11.3 Å². The molecule has 4 rings (SSSR count). The third-order valence-corrected chi connectivity index (χ3v) is 6.18. The molecule has 0 fully saturated rings. The monoisotopic (exact) mass is 443 g/mol. The third kappa shape index (κ3) is 4.24. The number of amides is 1. The summed E-state index contributed by atoms with van der Waals surface area (Å²) in [6.07, 6.45) is 1.52. The summed E-state index contributed by atoms with van der Waals surface area (Å²) < 4.78 is 45.9. The smallest absolute Gasteiger partial charge is 0.261 e. The van der Waals surface area contributed by atoms with Crippen LogP contribution in [0.1, 0.15) is 10.4 Å². The minimum Gasteiger partial charge on any atom is -0.463 e. The van der Waals surface area contributed by atoms with Crippen molar-refractivity contribution in [3.05, 3.63) is 83.7 Å². The number of hydrogen-bond donors (Lipinski definition) is 2. The number of halogens is 1. The fourth-order valence-corrected chi connectivity index (χ4v) is 4.40. The van der Waals surface area contributed by atoms with Crippen LogP contribution in [-0.2, 0) is 10.0 Å². The van der Waals surface area contributed by atoms with Crippen molar-refractivity contribution in [1.29, 1.82) is 0 Å². The van der Waals surface area contributed by atoms with Crippen LogP contribution in [-0.4, -0.2) is 19.3 Å². The zero-order valence-electron chi connectivity index (χ0n) is 15.2. The van der Waals surface area contributed by atoms with Gasteiger partial charge in [0.25, 0.3) is 15.9 Å². The molecule has 2 N–H and O–H groups in total. The molecule has 0 bridgehead atoms. The summed E-state index contributed by atoms with van der Waals surface area (Å²) in [7, 11) is -4.01. The molecular formula is C20H14FN3O4S2. The van der Waals surface area contributed by atoms with Crippen LogP contribution in [0.2, 0.25) is 0 Å². The van der Waals surface area contributed by atoms with E-state index in [1.54, 1.807) is 29.6 Å². The average molecular weight is 443 g/mol. The number of furan rings is 1. The second-order valence-corrected chi connectivity index (χ2v) is 8.61. The van der Waals surface area contributed by atoms with Crippen LogP contribution in [0.5, 0.6) is 0 Å². The molecule has 0 spiro atoms. The maximum Gasteiger partial charge on any atom is 0.261 e. The van der Waals surface area contributed by atoms with Gasteiger partial charge in [0.1, 0.15) is 11.5 Å². The minimum atomic E-state index is -4.01. The number of sulfonamides is 1. The highest BCUT2D eigenvalue weighted by molar-refractivity contribution is 7.92. The van der Waals surface area contributed by atoms with Gasteiger partial charge in [0, 0.05) is 5.38 Å². The summed E-state index contributed by atoms with van der Waals surface area (Å²) in [5.74, 6) is -0.516. The molecule has 2 aromatic heterocycles. The lowest BCUT2D eigenvalue weighted by molar-refractivity contribution is 0.102. The number of carbonyl (C=O) groups excluding carboxylic acids is 1. The molecule has 0 saturated carbocycles. The maximum atomic E-state index is 13.1. The number of benzene rings is 2. The van der Waals surface area contributed by atoms with Crippen LogP contribution >= 0.6 is 11.3 Å². The fraction of sp³-hybridized carbons (Fsp3) is 0. The predicted octanol–water partition coefficient (Wildman–Crippen LogP) is 4.60. The van der Waals surface area contributed by atoms with Gasteiger partial charge in [0.15, 0.2) is 10.9 Å². The molecule has 0 aliphatic heterocycles. The minimum absolute atomic E-state index is 0.0853. The SMILES string of the molecule is O=C(Nc1nc(-c2ccco2)cs1)c1ccccc1NS(=O)(=O)c1ccc(F)cc1. The van der Waals surface area contributed by atoms with E-state index in [2.05, 4.69) is 15.0 Å². The summed E-state index contributed by atoms with van der Waals surface area (Å²) in [6, 6.07) is 14.0. The molecular weight excluding hydrogens is 429 g/mol. The van der Waals surface area contributed by atoms with Gasteiger partial charge in [-0.1, -0.05) is 12.1 Å². The lowest BCUT2D eigenvalue weighted by Crippen LogP contribution is -2.18. The number of nitrogens with one attached hydrogen (secondary N) is 2. The lowest BCUT2D eigenvalue weighted by Gasteiger charge is -2.12. The largest absolute Gasteiger partial charge is 0.463 e. The summed E-state index contributed by atoms with van der Waals surface area (Å²) in [5.41, 5.74) is 0.769. The molecule has 7 nitrogen and oxygen atoms in total. The van der Waals surface area contributed by atoms with E-state index in [0.29, 0.717) is 16.6 Å². The average Bonchev–Trinajstić information content (AvgIpc) is 3.40. The first-order chi connectivity index (χ1) is 14.4. The van der Waals surface area contributed by atoms with Gasteiger partial charge in [-0.25, -0.2) is 17.8 Å². The van der Waals surface area contributed by atoms with Crippen molar-refractivity contribution >= 4 is 38.1 Å². The molecule has 2 aromatic carbocycles. The van der Waals surface area contributed by atoms with Crippen LogP contribution in [0, 0.1) is 5.82 Å². The predicted molar refractivity (Wildman–Crippen MR) is 111 cm³/mol. The number of anilines is 2. The molecule has 0 aliphatic rings. The molecule has 0 saturated heterocycles. The molecule has 0 atom stereocenters. The van der Waals surface area contributed by atoms with E-state index in [0.717, 1.165) is 24.3 Å². The molecule has 0 unspecified atom stereocenters. The van der Waals surface area contributed by atoms with E-state index in [4.69, 9.17) is 4.42 Å². The Labute approximate surface area is 175 Å². The normalized spacial score (nSPS) is 11.2. The number of nitrogens with zero attached hydrogens (tertiary/aromatic N) is 1. The highest BCUT2D eigenvalue weighted by Crippen LogP contribution is 2.27. The number of aromatic nitrogens is 1. The summed E-state index contributed by atoms with van der Waals surface area (Å²) >= 11 is 1.21. The van der Waals surface area contributed by atoms with Crippen molar-refractivity contribution < 1.29 is 22.0 Å². The molecule has 2 heterocycles. The summed E-state index contributed by atoms with van der Waals surface area (Å²) in [4.78, 5) is 16.9. The van der Waals surface area contributed by atoms with Crippen molar-refractivity contribution in [2.24, 2.45) is 0 Å². The first-order valence-electron chi connectivity index (χ1n) is 8.60. The maximum absolute atomic E-state index is 13.1. The Kier molecular flexibility index (Phi) is 5.34. The summed E-state index contributed by atoms with van der Waals surface area (Å²) in [5, 5.41) is 4.73. The lowest BCUT2D eigenvalue weighted by atomic mass is 10.2.